The SMILES string of the molecule is CCn1nc(C)cc1CC(Cc1ccc(Cl)cc1)NN. The Morgan fingerprint density at radius 1 is 1.30 bits per heavy atom. The van der Waals surface area contributed by atoms with Gasteiger partial charge in [-0.2, -0.15) is 5.10 Å². The van der Waals surface area contributed by atoms with Crippen LogP contribution in [0.1, 0.15) is 23.9 Å². The van der Waals surface area contributed by atoms with Gasteiger partial charge in [-0.1, -0.05) is 23.7 Å². The maximum Gasteiger partial charge on any atom is 0.0596 e. The summed E-state index contributed by atoms with van der Waals surface area (Å²) in [7, 11) is 0. The monoisotopic (exact) mass is 292 g/mol. The van der Waals surface area contributed by atoms with E-state index in [-0.39, 0.29) is 6.04 Å². The number of nitrogens with one attached hydrogen (secondary N) is 1. The lowest BCUT2D eigenvalue weighted by molar-refractivity contribution is 0.496. The second-order valence-electron chi connectivity index (χ2n) is 4.99. The number of aromatic nitrogens is 2. The van der Waals surface area contributed by atoms with Crippen LogP contribution in [0.3, 0.4) is 0 Å². The number of hydrazine groups is 1. The Morgan fingerprint density at radius 3 is 2.60 bits per heavy atom. The molecular weight excluding hydrogens is 272 g/mol. The molecule has 0 saturated carbocycles. The normalized spacial score (nSPS) is 12.6. The minimum Gasteiger partial charge on any atom is -0.271 e. The molecule has 0 spiro atoms. The summed E-state index contributed by atoms with van der Waals surface area (Å²) < 4.78 is 2.03. The van der Waals surface area contributed by atoms with Crippen LogP contribution in [0.4, 0.5) is 0 Å². The number of rotatable bonds is 6. The summed E-state index contributed by atoms with van der Waals surface area (Å²) in [6.45, 7) is 4.99. The van der Waals surface area contributed by atoms with E-state index in [1.165, 1.54) is 11.3 Å². The van der Waals surface area contributed by atoms with Crippen molar-refractivity contribution in [2.45, 2.75) is 39.3 Å². The zero-order valence-corrected chi connectivity index (χ0v) is 12.7. The summed E-state index contributed by atoms with van der Waals surface area (Å²) in [5.41, 5.74) is 6.37. The first-order valence-corrected chi connectivity index (χ1v) is 7.24. The zero-order valence-electron chi connectivity index (χ0n) is 11.9. The van der Waals surface area contributed by atoms with E-state index in [0.29, 0.717) is 0 Å². The van der Waals surface area contributed by atoms with Crippen LogP contribution in [0.2, 0.25) is 5.02 Å². The van der Waals surface area contributed by atoms with Crippen molar-refractivity contribution in [3.8, 4) is 0 Å². The lowest BCUT2D eigenvalue weighted by Gasteiger charge is -2.16. The number of hydrogen-bond acceptors (Lipinski definition) is 3. The molecule has 2 rings (SSSR count). The number of nitrogens with zero attached hydrogens (tertiary/aromatic N) is 2. The molecule has 2 aromatic rings. The molecule has 108 valence electrons. The molecule has 1 aromatic carbocycles. The van der Waals surface area contributed by atoms with Gasteiger partial charge in [0.05, 0.1) is 5.69 Å². The van der Waals surface area contributed by atoms with Crippen molar-refractivity contribution in [3.63, 3.8) is 0 Å². The maximum absolute atomic E-state index is 5.90. The van der Waals surface area contributed by atoms with Crippen LogP contribution in [0.5, 0.6) is 0 Å². The summed E-state index contributed by atoms with van der Waals surface area (Å²) in [6, 6.07) is 10.2. The molecule has 0 bridgehead atoms. The average Bonchev–Trinajstić information content (AvgIpc) is 2.80. The van der Waals surface area contributed by atoms with E-state index in [1.807, 2.05) is 35.9 Å². The fraction of sp³-hybridized carbons (Fsp3) is 0.400. The summed E-state index contributed by atoms with van der Waals surface area (Å²) in [5.74, 6) is 5.69. The molecule has 1 unspecified atom stereocenters. The predicted octanol–water partition coefficient (Wildman–Crippen LogP) is 2.48. The lowest BCUT2D eigenvalue weighted by atomic mass is 10.0. The Labute approximate surface area is 124 Å². The Kier molecular flexibility index (Phi) is 5.17. The Hall–Kier alpha value is -1.36. The second-order valence-corrected chi connectivity index (χ2v) is 5.43. The van der Waals surface area contributed by atoms with Crippen LogP contribution >= 0.6 is 11.6 Å². The minimum absolute atomic E-state index is 0.178. The molecule has 4 nitrogen and oxygen atoms in total. The third kappa shape index (κ3) is 3.82. The molecule has 0 aliphatic rings. The topological polar surface area (TPSA) is 55.9 Å². The van der Waals surface area contributed by atoms with Gasteiger partial charge in [0.1, 0.15) is 0 Å². The van der Waals surface area contributed by atoms with Gasteiger partial charge in [-0.25, -0.2) is 0 Å². The molecule has 3 N–H and O–H groups in total. The maximum atomic E-state index is 5.90. The van der Waals surface area contributed by atoms with Crippen molar-refractivity contribution in [3.05, 3.63) is 52.3 Å². The second kappa shape index (κ2) is 6.88. The highest BCUT2D eigenvalue weighted by atomic mass is 35.5. The van der Waals surface area contributed by atoms with Crippen molar-refractivity contribution >= 4 is 11.6 Å². The predicted molar refractivity (Wildman–Crippen MR) is 82.6 cm³/mol. The van der Waals surface area contributed by atoms with Gasteiger partial charge in [0.15, 0.2) is 0 Å². The summed E-state index contributed by atoms with van der Waals surface area (Å²) in [4.78, 5) is 0. The van der Waals surface area contributed by atoms with Crippen LogP contribution in [-0.2, 0) is 19.4 Å². The number of halogens is 1. The highest BCUT2D eigenvalue weighted by Gasteiger charge is 2.13. The Morgan fingerprint density at radius 2 is 2.00 bits per heavy atom. The fourth-order valence-electron chi connectivity index (χ4n) is 2.38. The van der Waals surface area contributed by atoms with Crippen LogP contribution in [0.15, 0.2) is 30.3 Å². The van der Waals surface area contributed by atoms with Gasteiger partial charge >= 0.3 is 0 Å². The van der Waals surface area contributed by atoms with Gasteiger partial charge in [0.25, 0.3) is 0 Å². The fourth-order valence-corrected chi connectivity index (χ4v) is 2.51. The van der Waals surface area contributed by atoms with Gasteiger partial charge in [0.2, 0.25) is 0 Å². The summed E-state index contributed by atoms with van der Waals surface area (Å²) >= 11 is 5.90. The third-order valence-electron chi connectivity index (χ3n) is 3.37. The van der Waals surface area contributed by atoms with Gasteiger partial charge in [-0.05, 0) is 44.0 Å². The molecule has 0 amide bonds. The molecule has 0 saturated heterocycles. The molecule has 1 heterocycles. The Bertz CT molecular complexity index is 548. The molecule has 1 aromatic heterocycles. The largest absolute Gasteiger partial charge is 0.271 e. The molecule has 0 radical (unpaired) electrons. The van der Waals surface area contributed by atoms with E-state index in [0.717, 1.165) is 30.1 Å². The van der Waals surface area contributed by atoms with E-state index < -0.39 is 0 Å². The van der Waals surface area contributed by atoms with Crippen molar-refractivity contribution in [2.75, 3.05) is 0 Å². The Balaban J connectivity index is 2.06. The highest BCUT2D eigenvalue weighted by Crippen LogP contribution is 2.13. The molecule has 1 atom stereocenters. The van der Waals surface area contributed by atoms with Crippen LogP contribution < -0.4 is 11.3 Å². The van der Waals surface area contributed by atoms with Crippen molar-refractivity contribution in [2.24, 2.45) is 5.84 Å². The van der Waals surface area contributed by atoms with E-state index in [1.54, 1.807) is 0 Å². The quantitative estimate of drug-likeness (QED) is 0.635. The molecular formula is C15H21ClN4. The zero-order chi connectivity index (χ0) is 14.5. The van der Waals surface area contributed by atoms with Gasteiger partial charge in [-0.15, -0.1) is 0 Å². The van der Waals surface area contributed by atoms with Crippen molar-refractivity contribution < 1.29 is 0 Å². The van der Waals surface area contributed by atoms with E-state index in [2.05, 4.69) is 23.5 Å². The first-order chi connectivity index (χ1) is 9.62. The standard InChI is InChI=1S/C15H21ClN4/c1-3-20-15(8-11(2)19-20)10-14(18-17)9-12-4-6-13(16)7-5-12/h4-8,14,18H,3,9-10,17H2,1-2H3. The van der Waals surface area contributed by atoms with Crippen LogP contribution in [0, 0.1) is 6.92 Å². The molecule has 0 aliphatic heterocycles. The smallest absolute Gasteiger partial charge is 0.0596 e. The number of nitrogens with two attached hydrogens (primary N) is 1. The van der Waals surface area contributed by atoms with Crippen molar-refractivity contribution in [1.29, 1.82) is 0 Å². The average molecular weight is 293 g/mol. The van der Waals surface area contributed by atoms with E-state index in [4.69, 9.17) is 17.4 Å². The van der Waals surface area contributed by atoms with Crippen LogP contribution in [-0.4, -0.2) is 15.8 Å². The number of aryl methyl sites for hydroxylation is 2. The number of benzene rings is 1. The van der Waals surface area contributed by atoms with Crippen LogP contribution in [0.25, 0.3) is 0 Å². The summed E-state index contributed by atoms with van der Waals surface area (Å²) in [5, 5.41) is 5.22. The highest BCUT2D eigenvalue weighted by molar-refractivity contribution is 6.30. The number of hydrogen-bond donors (Lipinski definition) is 2. The first-order valence-electron chi connectivity index (χ1n) is 6.86. The minimum atomic E-state index is 0.178. The molecule has 0 fully saturated rings. The third-order valence-corrected chi connectivity index (χ3v) is 3.62. The molecule has 0 aliphatic carbocycles. The van der Waals surface area contributed by atoms with E-state index >= 15 is 0 Å². The van der Waals surface area contributed by atoms with Gasteiger partial charge < -0.3 is 0 Å². The van der Waals surface area contributed by atoms with E-state index in [9.17, 15) is 0 Å². The molecule has 5 heteroatoms. The molecule has 20 heavy (non-hydrogen) atoms. The van der Waals surface area contributed by atoms with Crippen molar-refractivity contribution in [1.82, 2.24) is 15.2 Å². The van der Waals surface area contributed by atoms with Gasteiger partial charge in [-0.3, -0.25) is 16.0 Å². The summed E-state index contributed by atoms with van der Waals surface area (Å²) in [6.07, 6.45) is 1.72. The first kappa shape index (κ1) is 15.0. The lowest BCUT2D eigenvalue weighted by Crippen LogP contribution is -2.39. The van der Waals surface area contributed by atoms with Gasteiger partial charge in [0, 0.05) is 29.7 Å².